The molecule has 1 amide bonds. The summed E-state index contributed by atoms with van der Waals surface area (Å²) < 4.78 is 0. The molecule has 106 valence electrons. The molecule has 0 fully saturated rings. The van der Waals surface area contributed by atoms with Crippen LogP contribution in [-0.2, 0) is 0 Å². The van der Waals surface area contributed by atoms with Crippen molar-refractivity contribution < 1.29 is 9.90 Å². The molecule has 1 aromatic heterocycles. The van der Waals surface area contributed by atoms with Gasteiger partial charge in [0.1, 0.15) is 5.75 Å². The zero-order chi connectivity index (χ0) is 15.0. The lowest BCUT2D eigenvalue weighted by Crippen LogP contribution is -2.13. The Kier molecular flexibility index (Phi) is 3.10. The number of rotatable bonds is 2. The van der Waals surface area contributed by atoms with Crippen molar-refractivity contribution in [3.63, 3.8) is 0 Å². The second kappa shape index (κ2) is 4.94. The molecule has 0 saturated heterocycles. The van der Waals surface area contributed by atoms with Gasteiger partial charge in [-0.15, -0.1) is 0 Å². The van der Waals surface area contributed by atoms with E-state index < -0.39 is 0 Å². The Morgan fingerprint density at radius 1 is 1.19 bits per heavy atom. The molecule has 0 saturated carbocycles. The number of nitrogens with one attached hydrogen (secondary N) is 2. The minimum atomic E-state index is -0.356. The van der Waals surface area contributed by atoms with Gasteiger partial charge in [0.15, 0.2) is 0 Å². The third kappa shape index (κ3) is 2.33. The summed E-state index contributed by atoms with van der Waals surface area (Å²) in [4.78, 5) is 12.4. The van der Waals surface area contributed by atoms with Crippen LogP contribution < -0.4 is 5.32 Å². The van der Waals surface area contributed by atoms with Gasteiger partial charge in [-0.05, 0) is 36.8 Å². The largest absolute Gasteiger partial charge is 0.507 e. The Labute approximate surface area is 121 Å². The number of benzene rings is 2. The Balaban J connectivity index is 2.00. The molecule has 0 unspecified atom stereocenters. The smallest absolute Gasteiger partial charge is 0.259 e. The van der Waals surface area contributed by atoms with Gasteiger partial charge < -0.3 is 10.4 Å². The van der Waals surface area contributed by atoms with Crippen LogP contribution in [0.25, 0.3) is 10.8 Å². The number of amides is 1. The van der Waals surface area contributed by atoms with Gasteiger partial charge in [-0.1, -0.05) is 24.3 Å². The quantitative estimate of drug-likeness (QED) is 0.675. The minimum absolute atomic E-state index is 0.0370. The van der Waals surface area contributed by atoms with Gasteiger partial charge >= 0.3 is 0 Å². The van der Waals surface area contributed by atoms with E-state index in [1.165, 1.54) is 0 Å². The lowest BCUT2D eigenvalue weighted by molar-refractivity contribution is 0.102. The van der Waals surface area contributed by atoms with Crippen LogP contribution in [0.1, 0.15) is 21.7 Å². The van der Waals surface area contributed by atoms with Crippen LogP contribution in [0, 0.1) is 13.8 Å². The standard InChI is InChI=1S/C16H15N3O2/c1-9-15(10(2)19-18-9)17-16(21)13-7-11-5-3-4-6-12(11)8-14(13)20/h3-8,20H,1-2H3,(H,17,21)(H,18,19). The molecule has 0 spiro atoms. The summed E-state index contributed by atoms with van der Waals surface area (Å²) >= 11 is 0. The Hall–Kier alpha value is -2.82. The highest BCUT2D eigenvalue weighted by atomic mass is 16.3. The maximum Gasteiger partial charge on any atom is 0.259 e. The van der Waals surface area contributed by atoms with E-state index in [1.54, 1.807) is 19.1 Å². The SMILES string of the molecule is Cc1n[nH]c(C)c1NC(=O)c1cc2ccccc2cc1O. The number of carbonyl (C=O) groups excluding carboxylic acids is 1. The molecule has 0 atom stereocenters. The molecule has 5 nitrogen and oxygen atoms in total. The number of aryl methyl sites for hydroxylation is 2. The minimum Gasteiger partial charge on any atom is -0.507 e. The van der Waals surface area contributed by atoms with Crippen molar-refractivity contribution in [3.05, 3.63) is 53.3 Å². The zero-order valence-corrected chi connectivity index (χ0v) is 11.8. The number of aromatic hydroxyl groups is 1. The van der Waals surface area contributed by atoms with E-state index >= 15 is 0 Å². The highest BCUT2D eigenvalue weighted by Gasteiger charge is 2.15. The second-order valence-electron chi connectivity index (χ2n) is 4.98. The van der Waals surface area contributed by atoms with Crippen LogP contribution in [0.3, 0.4) is 0 Å². The average molecular weight is 281 g/mol. The number of aromatic amines is 1. The molecule has 0 aliphatic heterocycles. The molecule has 0 aliphatic carbocycles. The lowest BCUT2D eigenvalue weighted by atomic mass is 10.1. The number of aromatic nitrogens is 2. The van der Waals surface area contributed by atoms with Crippen molar-refractivity contribution in [3.8, 4) is 5.75 Å². The summed E-state index contributed by atoms with van der Waals surface area (Å²) in [7, 11) is 0. The van der Waals surface area contributed by atoms with E-state index in [0.29, 0.717) is 11.4 Å². The predicted octanol–water partition coefficient (Wildman–Crippen LogP) is 3.14. The molecule has 3 rings (SSSR count). The van der Waals surface area contributed by atoms with E-state index in [2.05, 4.69) is 15.5 Å². The fourth-order valence-corrected chi connectivity index (χ4v) is 2.33. The first-order chi connectivity index (χ1) is 10.1. The summed E-state index contributed by atoms with van der Waals surface area (Å²) in [6, 6.07) is 10.9. The number of nitrogens with zero attached hydrogens (tertiary/aromatic N) is 1. The Bertz CT molecular complexity index is 817. The monoisotopic (exact) mass is 281 g/mol. The number of phenolic OH excluding ortho intramolecular Hbond substituents is 1. The van der Waals surface area contributed by atoms with Gasteiger partial charge in [-0.25, -0.2) is 0 Å². The lowest BCUT2D eigenvalue weighted by Gasteiger charge is -2.08. The summed E-state index contributed by atoms with van der Waals surface area (Å²) in [5.41, 5.74) is 2.38. The molecule has 5 heteroatoms. The van der Waals surface area contributed by atoms with Crippen LogP contribution in [0.4, 0.5) is 5.69 Å². The maximum absolute atomic E-state index is 12.4. The van der Waals surface area contributed by atoms with Crippen LogP contribution >= 0.6 is 0 Å². The van der Waals surface area contributed by atoms with E-state index in [4.69, 9.17) is 0 Å². The van der Waals surface area contributed by atoms with Gasteiger partial charge in [0.2, 0.25) is 0 Å². The summed E-state index contributed by atoms with van der Waals surface area (Å²) in [5.74, 6) is -0.393. The third-order valence-corrected chi connectivity index (χ3v) is 3.48. The van der Waals surface area contributed by atoms with Crippen LogP contribution in [-0.4, -0.2) is 21.2 Å². The van der Waals surface area contributed by atoms with Crippen molar-refractivity contribution in [2.45, 2.75) is 13.8 Å². The van der Waals surface area contributed by atoms with E-state index in [-0.39, 0.29) is 17.2 Å². The number of anilines is 1. The highest BCUT2D eigenvalue weighted by Crippen LogP contribution is 2.26. The second-order valence-corrected chi connectivity index (χ2v) is 4.98. The molecule has 1 heterocycles. The maximum atomic E-state index is 12.4. The zero-order valence-electron chi connectivity index (χ0n) is 11.8. The van der Waals surface area contributed by atoms with Crippen molar-refractivity contribution in [2.75, 3.05) is 5.32 Å². The van der Waals surface area contributed by atoms with E-state index in [0.717, 1.165) is 16.5 Å². The molecule has 0 radical (unpaired) electrons. The molecule has 0 aliphatic rings. The third-order valence-electron chi connectivity index (χ3n) is 3.48. The molecule has 0 bridgehead atoms. The van der Waals surface area contributed by atoms with Gasteiger partial charge in [-0.2, -0.15) is 5.10 Å². The highest BCUT2D eigenvalue weighted by molar-refractivity contribution is 6.09. The average Bonchev–Trinajstić information content (AvgIpc) is 2.78. The molecule has 3 N–H and O–H groups in total. The first-order valence-corrected chi connectivity index (χ1v) is 6.61. The van der Waals surface area contributed by atoms with Crippen LogP contribution in [0.15, 0.2) is 36.4 Å². The first kappa shape index (κ1) is 13.2. The topological polar surface area (TPSA) is 78.0 Å². The van der Waals surface area contributed by atoms with Crippen molar-refractivity contribution in [1.29, 1.82) is 0 Å². The van der Waals surface area contributed by atoms with Gasteiger partial charge in [0.25, 0.3) is 5.91 Å². The summed E-state index contributed by atoms with van der Waals surface area (Å²) in [5, 5.41) is 21.5. The first-order valence-electron chi connectivity index (χ1n) is 6.61. The van der Waals surface area contributed by atoms with Crippen molar-refractivity contribution >= 4 is 22.4 Å². The van der Waals surface area contributed by atoms with Gasteiger partial charge in [-0.3, -0.25) is 9.89 Å². The predicted molar refractivity (Wildman–Crippen MR) is 81.6 cm³/mol. The van der Waals surface area contributed by atoms with Gasteiger partial charge in [0, 0.05) is 0 Å². The molecule has 3 aromatic rings. The number of phenols is 1. The van der Waals surface area contributed by atoms with E-state index in [1.807, 2.05) is 31.2 Å². The van der Waals surface area contributed by atoms with Crippen molar-refractivity contribution in [2.24, 2.45) is 0 Å². The Morgan fingerprint density at radius 2 is 1.86 bits per heavy atom. The normalized spacial score (nSPS) is 10.8. The fraction of sp³-hybridized carbons (Fsp3) is 0.125. The molecule has 2 aromatic carbocycles. The van der Waals surface area contributed by atoms with Crippen LogP contribution in [0.2, 0.25) is 0 Å². The number of carbonyl (C=O) groups is 1. The summed E-state index contributed by atoms with van der Waals surface area (Å²) in [6.45, 7) is 3.63. The van der Waals surface area contributed by atoms with E-state index in [9.17, 15) is 9.90 Å². The van der Waals surface area contributed by atoms with Gasteiger partial charge in [0.05, 0.1) is 22.6 Å². The number of hydrogen-bond acceptors (Lipinski definition) is 3. The number of fused-ring (bicyclic) bond motifs is 1. The summed E-state index contributed by atoms with van der Waals surface area (Å²) in [6.07, 6.45) is 0. The fourth-order valence-electron chi connectivity index (χ4n) is 2.33. The number of H-pyrrole nitrogens is 1. The van der Waals surface area contributed by atoms with Crippen LogP contribution in [0.5, 0.6) is 5.75 Å². The molecular formula is C16H15N3O2. The molecule has 21 heavy (non-hydrogen) atoms. The number of hydrogen-bond donors (Lipinski definition) is 3. The molecular weight excluding hydrogens is 266 g/mol. The Morgan fingerprint density at radius 3 is 2.48 bits per heavy atom. The van der Waals surface area contributed by atoms with Crippen molar-refractivity contribution in [1.82, 2.24) is 10.2 Å².